The first kappa shape index (κ1) is 30.1. The standard InChI is InChI=1S/C31H32N4O6S2/c1-17-25(13-22(37-7)14-26(17)40-18(2)23-15-35-29(33-23)43-30(34-35)38-8)39-16-24-19(3)42-27(32-24)20-9-11-21(12-10-20)28(36)41-31(4,5)6/h9-15H,2,16H2,1,3-8H3. The van der Waals surface area contributed by atoms with E-state index in [1.54, 1.807) is 54.5 Å². The van der Waals surface area contributed by atoms with E-state index in [0.29, 0.717) is 44.4 Å². The molecule has 0 saturated heterocycles. The molecule has 0 atom stereocenters. The van der Waals surface area contributed by atoms with E-state index in [9.17, 15) is 4.79 Å². The van der Waals surface area contributed by atoms with Crippen molar-refractivity contribution >= 4 is 39.4 Å². The van der Waals surface area contributed by atoms with Crippen LogP contribution in [0.15, 0.2) is 49.2 Å². The van der Waals surface area contributed by atoms with E-state index in [4.69, 9.17) is 28.7 Å². The Morgan fingerprint density at radius 1 is 1.00 bits per heavy atom. The summed E-state index contributed by atoms with van der Waals surface area (Å²) >= 11 is 2.88. The monoisotopic (exact) mass is 620 g/mol. The van der Waals surface area contributed by atoms with Crippen LogP contribution < -0.4 is 18.9 Å². The maximum atomic E-state index is 12.4. The summed E-state index contributed by atoms with van der Waals surface area (Å²) in [5.74, 6) is 1.70. The average molecular weight is 621 g/mol. The topological polar surface area (TPSA) is 106 Å². The number of carbonyl (C=O) groups excluding carboxylic acids is 1. The van der Waals surface area contributed by atoms with Crippen molar-refractivity contribution in [3.05, 3.63) is 76.6 Å². The Morgan fingerprint density at radius 2 is 1.72 bits per heavy atom. The Kier molecular flexibility index (Phi) is 8.43. The third-order valence-electron chi connectivity index (χ3n) is 6.26. The summed E-state index contributed by atoms with van der Waals surface area (Å²) < 4.78 is 30.1. The predicted molar refractivity (Wildman–Crippen MR) is 167 cm³/mol. The van der Waals surface area contributed by atoms with E-state index in [2.05, 4.69) is 16.7 Å². The molecule has 224 valence electrons. The third-order valence-corrected chi connectivity index (χ3v) is 8.21. The van der Waals surface area contributed by atoms with Crippen LogP contribution in [0.3, 0.4) is 0 Å². The van der Waals surface area contributed by atoms with Crippen molar-refractivity contribution in [1.82, 2.24) is 19.6 Å². The normalized spacial score (nSPS) is 11.4. The lowest BCUT2D eigenvalue weighted by Crippen LogP contribution is -2.23. The van der Waals surface area contributed by atoms with Gasteiger partial charge in [-0.3, -0.25) is 0 Å². The molecule has 0 amide bonds. The molecule has 0 saturated carbocycles. The molecular weight excluding hydrogens is 588 g/mol. The van der Waals surface area contributed by atoms with Gasteiger partial charge in [0, 0.05) is 28.1 Å². The minimum Gasteiger partial charge on any atom is -0.496 e. The number of ether oxygens (including phenoxy) is 5. The van der Waals surface area contributed by atoms with E-state index in [1.165, 1.54) is 11.3 Å². The summed E-state index contributed by atoms with van der Waals surface area (Å²) in [6.45, 7) is 13.8. The van der Waals surface area contributed by atoms with Gasteiger partial charge in [-0.05, 0) is 58.1 Å². The maximum absolute atomic E-state index is 12.4. The Labute approximate surface area is 257 Å². The summed E-state index contributed by atoms with van der Waals surface area (Å²) in [5.41, 5.74) is 2.99. The van der Waals surface area contributed by atoms with Gasteiger partial charge in [-0.15, -0.1) is 16.4 Å². The Hall–Kier alpha value is -4.42. The Balaban J connectivity index is 1.30. The molecule has 0 aliphatic heterocycles. The molecule has 3 heterocycles. The van der Waals surface area contributed by atoms with Gasteiger partial charge in [0.05, 0.1) is 31.7 Å². The van der Waals surface area contributed by atoms with Gasteiger partial charge in [-0.25, -0.2) is 19.3 Å². The van der Waals surface area contributed by atoms with Crippen molar-refractivity contribution < 1.29 is 28.5 Å². The molecule has 0 unspecified atom stereocenters. The number of methoxy groups -OCH3 is 2. The van der Waals surface area contributed by atoms with Crippen molar-refractivity contribution in [2.24, 2.45) is 0 Å². The molecule has 0 radical (unpaired) electrons. The summed E-state index contributed by atoms with van der Waals surface area (Å²) in [6.07, 6.45) is 1.73. The molecular formula is C31H32N4O6S2. The third kappa shape index (κ3) is 6.81. The van der Waals surface area contributed by atoms with Crippen molar-refractivity contribution in [2.75, 3.05) is 14.2 Å². The Bertz CT molecular complexity index is 1770. The molecule has 2 aromatic carbocycles. The number of imidazole rings is 1. The molecule has 0 bridgehead atoms. The van der Waals surface area contributed by atoms with Crippen LogP contribution in [0.2, 0.25) is 0 Å². The van der Waals surface area contributed by atoms with Crippen molar-refractivity contribution in [2.45, 2.75) is 46.8 Å². The van der Waals surface area contributed by atoms with Crippen molar-refractivity contribution in [1.29, 1.82) is 0 Å². The SMILES string of the molecule is C=C(Oc1cc(OC)cc(OCc2nc(-c3ccc(C(=O)OC(C)(C)C)cc3)sc2C)c1C)c1cn2nc(OC)sc2n1. The number of rotatable bonds is 10. The fourth-order valence-corrected chi connectivity index (χ4v) is 5.63. The number of fused-ring (bicyclic) bond motifs is 1. The Morgan fingerprint density at radius 3 is 2.37 bits per heavy atom. The minimum absolute atomic E-state index is 0.248. The summed E-state index contributed by atoms with van der Waals surface area (Å²) in [5, 5.41) is 5.65. The predicted octanol–water partition coefficient (Wildman–Crippen LogP) is 7.13. The largest absolute Gasteiger partial charge is 0.496 e. The van der Waals surface area contributed by atoms with Gasteiger partial charge in [0.1, 0.15) is 45.9 Å². The van der Waals surface area contributed by atoms with E-state index in [-0.39, 0.29) is 12.6 Å². The first-order chi connectivity index (χ1) is 20.4. The minimum atomic E-state index is -0.553. The second-order valence-corrected chi connectivity index (χ2v) is 12.7. The molecule has 5 rings (SSSR count). The summed E-state index contributed by atoms with van der Waals surface area (Å²) in [4.78, 5) is 23.4. The zero-order valence-corrected chi connectivity index (χ0v) is 26.6. The quantitative estimate of drug-likeness (QED) is 0.119. The fraction of sp³-hybridized carbons (Fsp3) is 0.290. The lowest BCUT2D eigenvalue weighted by atomic mass is 10.1. The highest BCUT2D eigenvalue weighted by molar-refractivity contribution is 7.18. The number of nitrogens with zero attached hydrogens (tertiary/aromatic N) is 4. The zero-order chi connectivity index (χ0) is 30.9. The van der Waals surface area contributed by atoms with Crippen molar-refractivity contribution in [3.63, 3.8) is 0 Å². The highest BCUT2D eigenvalue weighted by Crippen LogP contribution is 2.37. The lowest BCUT2D eigenvalue weighted by Gasteiger charge is -2.19. The number of hydrogen-bond donors (Lipinski definition) is 0. The van der Waals surface area contributed by atoms with Crippen LogP contribution >= 0.6 is 22.7 Å². The van der Waals surface area contributed by atoms with E-state index in [1.807, 2.05) is 52.8 Å². The molecule has 43 heavy (non-hydrogen) atoms. The average Bonchev–Trinajstić information content (AvgIpc) is 3.65. The second kappa shape index (κ2) is 12.1. The van der Waals surface area contributed by atoms with Crippen LogP contribution in [0.1, 0.15) is 53.0 Å². The molecule has 0 aliphatic carbocycles. The van der Waals surface area contributed by atoms with Crippen LogP contribution in [0.5, 0.6) is 22.4 Å². The summed E-state index contributed by atoms with van der Waals surface area (Å²) in [7, 11) is 3.15. The van der Waals surface area contributed by atoms with E-state index < -0.39 is 5.60 Å². The molecule has 0 fully saturated rings. The first-order valence-electron chi connectivity index (χ1n) is 13.3. The van der Waals surface area contributed by atoms with Gasteiger partial charge in [0.25, 0.3) is 5.19 Å². The van der Waals surface area contributed by atoms with Crippen LogP contribution in [0, 0.1) is 13.8 Å². The van der Waals surface area contributed by atoms with Crippen molar-refractivity contribution in [3.8, 4) is 33.0 Å². The molecule has 0 spiro atoms. The molecule has 0 aliphatic rings. The lowest BCUT2D eigenvalue weighted by molar-refractivity contribution is 0.00695. The van der Waals surface area contributed by atoms with Gasteiger partial charge in [0.15, 0.2) is 0 Å². The molecule has 0 N–H and O–H groups in total. The number of carbonyl (C=O) groups is 1. The molecule has 3 aromatic heterocycles. The number of aryl methyl sites for hydroxylation is 1. The van der Waals surface area contributed by atoms with Gasteiger partial charge in [-0.1, -0.05) is 18.7 Å². The van der Waals surface area contributed by atoms with Crippen LogP contribution in [-0.2, 0) is 11.3 Å². The van der Waals surface area contributed by atoms with E-state index >= 15 is 0 Å². The first-order valence-corrected chi connectivity index (χ1v) is 15.0. The zero-order valence-electron chi connectivity index (χ0n) is 25.0. The highest BCUT2D eigenvalue weighted by Gasteiger charge is 2.19. The smallest absolute Gasteiger partial charge is 0.338 e. The van der Waals surface area contributed by atoms with E-state index in [0.717, 1.165) is 26.7 Å². The molecule has 10 nitrogen and oxygen atoms in total. The second-order valence-electron chi connectivity index (χ2n) is 10.6. The maximum Gasteiger partial charge on any atom is 0.338 e. The van der Waals surface area contributed by atoms with Crippen LogP contribution in [-0.4, -0.2) is 45.4 Å². The number of benzene rings is 2. The molecule has 12 heteroatoms. The van der Waals surface area contributed by atoms with Crippen LogP contribution in [0.25, 0.3) is 21.3 Å². The highest BCUT2D eigenvalue weighted by atomic mass is 32.1. The summed E-state index contributed by atoms with van der Waals surface area (Å²) in [6, 6.07) is 10.9. The molecule has 5 aromatic rings. The van der Waals surface area contributed by atoms with Gasteiger partial charge in [-0.2, -0.15) is 0 Å². The van der Waals surface area contributed by atoms with Gasteiger partial charge >= 0.3 is 5.97 Å². The number of hydrogen-bond acceptors (Lipinski definition) is 11. The van der Waals surface area contributed by atoms with Gasteiger partial charge in [0.2, 0.25) is 4.96 Å². The fourth-order valence-electron chi connectivity index (χ4n) is 4.01. The number of esters is 1. The number of thiazole rings is 1. The number of aromatic nitrogens is 4. The van der Waals surface area contributed by atoms with Crippen LogP contribution in [0.4, 0.5) is 0 Å². The van der Waals surface area contributed by atoms with Gasteiger partial charge < -0.3 is 23.7 Å².